The first kappa shape index (κ1) is 14.2. The minimum Gasteiger partial charge on any atom is -0.386 e. The lowest BCUT2D eigenvalue weighted by atomic mass is 10.2. The predicted octanol–water partition coefficient (Wildman–Crippen LogP) is 0.802. The number of rotatable bonds is 5. The molecule has 2 rings (SSSR count). The number of nitrogens with zero attached hydrogens (tertiary/aromatic N) is 2. The van der Waals surface area contributed by atoms with Crippen molar-refractivity contribution in [3.8, 4) is 0 Å². The van der Waals surface area contributed by atoms with Gasteiger partial charge in [-0.15, -0.1) is 11.3 Å². The van der Waals surface area contributed by atoms with Crippen LogP contribution in [0.3, 0.4) is 0 Å². The highest BCUT2D eigenvalue weighted by molar-refractivity contribution is 7.89. The number of thiophene rings is 1. The van der Waals surface area contributed by atoms with Gasteiger partial charge in [0, 0.05) is 24.7 Å². The van der Waals surface area contributed by atoms with Crippen molar-refractivity contribution in [2.45, 2.75) is 18.1 Å². The van der Waals surface area contributed by atoms with Crippen LogP contribution in [-0.2, 0) is 17.1 Å². The quantitative estimate of drug-likeness (QED) is 0.855. The smallest absolute Gasteiger partial charge is 0.259 e. The molecule has 6 nitrogen and oxygen atoms in total. The largest absolute Gasteiger partial charge is 0.386 e. The van der Waals surface area contributed by atoms with Gasteiger partial charge in [-0.2, -0.15) is 0 Å². The predicted molar refractivity (Wildman–Crippen MR) is 72.4 cm³/mol. The number of aromatic nitrogens is 2. The molecule has 0 radical (unpaired) electrons. The maximum absolute atomic E-state index is 11.9. The third-order valence-electron chi connectivity index (χ3n) is 2.63. The number of hydrogen-bond acceptors (Lipinski definition) is 5. The molecule has 0 amide bonds. The maximum Gasteiger partial charge on any atom is 0.259 e. The Morgan fingerprint density at radius 1 is 1.58 bits per heavy atom. The summed E-state index contributed by atoms with van der Waals surface area (Å²) in [7, 11) is -1.99. The van der Waals surface area contributed by atoms with E-state index in [-0.39, 0.29) is 11.6 Å². The second-order valence-corrected chi connectivity index (χ2v) is 6.87. The molecule has 19 heavy (non-hydrogen) atoms. The van der Waals surface area contributed by atoms with Gasteiger partial charge in [0.1, 0.15) is 6.10 Å². The fourth-order valence-corrected chi connectivity index (χ4v) is 3.54. The first-order valence-electron chi connectivity index (χ1n) is 5.60. The SMILES string of the molecule is Cc1ccsc1[C@H](O)CNS(=O)(=O)c1cn(C)cn1. The van der Waals surface area contributed by atoms with Gasteiger partial charge in [0.2, 0.25) is 0 Å². The van der Waals surface area contributed by atoms with E-state index in [9.17, 15) is 13.5 Å². The molecule has 2 aromatic heterocycles. The Morgan fingerprint density at radius 3 is 2.84 bits per heavy atom. The van der Waals surface area contributed by atoms with Gasteiger partial charge < -0.3 is 9.67 Å². The van der Waals surface area contributed by atoms with E-state index < -0.39 is 16.1 Å². The lowest BCUT2D eigenvalue weighted by molar-refractivity contribution is 0.185. The summed E-state index contributed by atoms with van der Waals surface area (Å²) in [5.41, 5.74) is 0.953. The highest BCUT2D eigenvalue weighted by Crippen LogP contribution is 2.23. The number of aliphatic hydroxyl groups excluding tert-OH is 1. The summed E-state index contributed by atoms with van der Waals surface area (Å²) in [6.07, 6.45) is 1.97. The Kier molecular flexibility index (Phi) is 4.04. The Balaban J connectivity index is 2.04. The fraction of sp³-hybridized carbons (Fsp3) is 0.364. The second-order valence-electron chi connectivity index (χ2n) is 4.21. The molecule has 2 heterocycles. The molecule has 0 aliphatic carbocycles. The molecule has 0 spiro atoms. The molecule has 0 aliphatic heterocycles. The summed E-state index contributed by atoms with van der Waals surface area (Å²) in [6.45, 7) is 1.81. The Bertz CT molecular complexity index is 660. The van der Waals surface area contributed by atoms with E-state index in [1.807, 2.05) is 18.4 Å². The van der Waals surface area contributed by atoms with Crippen LogP contribution in [0.5, 0.6) is 0 Å². The maximum atomic E-state index is 11.9. The first-order chi connectivity index (χ1) is 8.90. The highest BCUT2D eigenvalue weighted by atomic mass is 32.2. The van der Waals surface area contributed by atoms with E-state index in [0.717, 1.165) is 10.4 Å². The van der Waals surface area contributed by atoms with Gasteiger partial charge in [-0.05, 0) is 23.9 Å². The van der Waals surface area contributed by atoms with Gasteiger partial charge in [0.25, 0.3) is 10.0 Å². The standard InChI is InChI=1S/C11H15N3O3S2/c1-8-3-4-18-11(8)9(15)5-13-19(16,17)10-6-14(2)7-12-10/h3-4,6-7,9,13,15H,5H2,1-2H3/t9-/m1/s1. The molecule has 0 saturated carbocycles. The average molecular weight is 301 g/mol. The summed E-state index contributed by atoms with van der Waals surface area (Å²) in [4.78, 5) is 4.55. The minimum absolute atomic E-state index is 0.0508. The average Bonchev–Trinajstić information content (AvgIpc) is 2.95. The van der Waals surface area contributed by atoms with Crippen LogP contribution in [0, 0.1) is 6.92 Å². The molecule has 0 aliphatic rings. The normalized spacial score (nSPS) is 13.6. The van der Waals surface area contributed by atoms with E-state index >= 15 is 0 Å². The zero-order valence-electron chi connectivity index (χ0n) is 10.6. The molecule has 1 atom stereocenters. The van der Waals surface area contributed by atoms with Crippen LogP contribution < -0.4 is 4.72 Å². The van der Waals surface area contributed by atoms with E-state index in [0.29, 0.717) is 0 Å². The fourth-order valence-electron chi connectivity index (χ4n) is 1.61. The lowest BCUT2D eigenvalue weighted by Gasteiger charge is -2.10. The number of hydrogen-bond donors (Lipinski definition) is 2. The van der Waals surface area contributed by atoms with E-state index in [2.05, 4.69) is 9.71 Å². The molecule has 0 saturated heterocycles. The van der Waals surface area contributed by atoms with Crippen molar-refractivity contribution in [2.75, 3.05) is 6.54 Å². The zero-order valence-corrected chi connectivity index (χ0v) is 12.2. The molecule has 2 N–H and O–H groups in total. The monoisotopic (exact) mass is 301 g/mol. The van der Waals surface area contributed by atoms with E-state index in [1.54, 1.807) is 11.6 Å². The summed E-state index contributed by atoms with van der Waals surface area (Å²) in [5.74, 6) is 0. The van der Waals surface area contributed by atoms with Gasteiger partial charge in [0.15, 0.2) is 5.03 Å². The highest BCUT2D eigenvalue weighted by Gasteiger charge is 2.20. The van der Waals surface area contributed by atoms with Crippen molar-refractivity contribution in [2.24, 2.45) is 7.05 Å². The summed E-state index contributed by atoms with van der Waals surface area (Å²) in [5, 5.41) is 11.8. The summed E-state index contributed by atoms with van der Waals surface area (Å²) in [6, 6.07) is 1.89. The van der Waals surface area contributed by atoms with Crippen molar-refractivity contribution >= 4 is 21.4 Å². The Morgan fingerprint density at radius 2 is 2.32 bits per heavy atom. The third-order valence-corrected chi connectivity index (χ3v) is 5.06. The number of aryl methyl sites for hydroxylation is 2. The Hall–Kier alpha value is -1.22. The van der Waals surface area contributed by atoms with Crippen molar-refractivity contribution in [3.63, 3.8) is 0 Å². The molecule has 8 heteroatoms. The number of sulfonamides is 1. The molecule has 0 bridgehead atoms. The van der Waals surface area contributed by atoms with Crippen molar-refractivity contribution in [1.29, 1.82) is 0 Å². The van der Waals surface area contributed by atoms with Gasteiger partial charge in [-0.3, -0.25) is 0 Å². The van der Waals surface area contributed by atoms with Gasteiger partial charge in [-0.25, -0.2) is 18.1 Å². The van der Waals surface area contributed by atoms with Crippen molar-refractivity contribution < 1.29 is 13.5 Å². The second kappa shape index (κ2) is 5.41. The van der Waals surface area contributed by atoms with Crippen molar-refractivity contribution in [1.82, 2.24) is 14.3 Å². The van der Waals surface area contributed by atoms with Crippen LogP contribution in [0.4, 0.5) is 0 Å². The summed E-state index contributed by atoms with van der Waals surface area (Å²) < 4.78 is 27.7. The molecular formula is C11H15N3O3S2. The Labute approximate surface area is 115 Å². The molecule has 104 valence electrons. The molecule has 0 unspecified atom stereocenters. The van der Waals surface area contributed by atoms with Crippen LogP contribution in [0.2, 0.25) is 0 Å². The van der Waals surface area contributed by atoms with Crippen LogP contribution >= 0.6 is 11.3 Å². The first-order valence-corrected chi connectivity index (χ1v) is 7.96. The number of nitrogens with one attached hydrogen (secondary N) is 1. The van der Waals surface area contributed by atoms with Crippen LogP contribution in [0.25, 0.3) is 0 Å². The van der Waals surface area contributed by atoms with Crippen LogP contribution in [0.15, 0.2) is 29.0 Å². The van der Waals surface area contributed by atoms with Crippen molar-refractivity contribution in [3.05, 3.63) is 34.4 Å². The molecule has 0 aromatic carbocycles. The third kappa shape index (κ3) is 3.21. The molecule has 0 fully saturated rings. The number of imidazole rings is 1. The zero-order chi connectivity index (χ0) is 14.0. The number of aliphatic hydroxyl groups is 1. The van der Waals surface area contributed by atoms with Gasteiger partial charge >= 0.3 is 0 Å². The minimum atomic E-state index is -3.68. The lowest BCUT2D eigenvalue weighted by Crippen LogP contribution is -2.28. The van der Waals surface area contributed by atoms with Crippen LogP contribution in [-0.4, -0.2) is 29.6 Å². The van der Waals surface area contributed by atoms with E-state index in [4.69, 9.17) is 0 Å². The van der Waals surface area contributed by atoms with Gasteiger partial charge in [0.05, 0.1) is 6.33 Å². The van der Waals surface area contributed by atoms with Crippen LogP contribution in [0.1, 0.15) is 16.5 Å². The topological polar surface area (TPSA) is 84.2 Å². The molecular weight excluding hydrogens is 286 g/mol. The van der Waals surface area contributed by atoms with Gasteiger partial charge in [-0.1, -0.05) is 0 Å². The van der Waals surface area contributed by atoms with E-state index in [1.165, 1.54) is 23.9 Å². The summed E-state index contributed by atoms with van der Waals surface area (Å²) >= 11 is 1.40. The molecule has 2 aromatic rings.